The highest BCUT2D eigenvalue weighted by molar-refractivity contribution is 5.76. The van der Waals surface area contributed by atoms with E-state index in [2.05, 4.69) is 30.8 Å². The Labute approximate surface area is 110 Å². The number of aryl methyl sites for hydroxylation is 1. The molecule has 1 aromatic heterocycles. The second-order valence-electron chi connectivity index (χ2n) is 3.89. The summed E-state index contributed by atoms with van der Waals surface area (Å²) in [5.74, 6) is 0. The molecule has 18 heavy (non-hydrogen) atoms. The molecule has 0 radical (unpaired) electrons. The van der Waals surface area contributed by atoms with Gasteiger partial charge in [-0.25, -0.2) is 4.98 Å². The summed E-state index contributed by atoms with van der Waals surface area (Å²) in [4.78, 5) is 4.62. The molecule has 1 heterocycles. The van der Waals surface area contributed by atoms with Crippen LogP contribution in [0.2, 0.25) is 0 Å². The van der Waals surface area contributed by atoms with Crippen molar-refractivity contribution in [1.29, 1.82) is 0 Å². The zero-order valence-corrected chi connectivity index (χ0v) is 11.1. The van der Waals surface area contributed by atoms with Gasteiger partial charge in [0.2, 0.25) is 0 Å². The van der Waals surface area contributed by atoms with E-state index in [-0.39, 0.29) is 0 Å². The zero-order valence-electron chi connectivity index (χ0n) is 11.1. The lowest BCUT2D eigenvalue weighted by Gasteiger charge is -2.09. The van der Waals surface area contributed by atoms with E-state index < -0.39 is 0 Å². The van der Waals surface area contributed by atoms with Crippen LogP contribution in [0.25, 0.3) is 17.7 Å². The van der Waals surface area contributed by atoms with Crippen LogP contribution in [0.1, 0.15) is 29.4 Å². The fourth-order valence-corrected chi connectivity index (χ4v) is 1.71. The second-order valence-corrected chi connectivity index (χ2v) is 3.89. The van der Waals surface area contributed by atoms with Gasteiger partial charge < -0.3 is 0 Å². The Hall–Kier alpha value is -2.15. The van der Waals surface area contributed by atoms with Crippen LogP contribution >= 0.6 is 0 Å². The number of nitrogens with zero attached hydrogens (tertiary/aromatic N) is 1. The van der Waals surface area contributed by atoms with Crippen molar-refractivity contribution in [2.75, 3.05) is 0 Å². The zero-order chi connectivity index (χ0) is 13.5. The van der Waals surface area contributed by atoms with E-state index in [1.807, 2.05) is 38.2 Å². The van der Waals surface area contributed by atoms with Gasteiger partial charge in [0.15, 0.2) is 0 Å². The third kappa shape index (κ3) is 2.95. The van der Waals surface area contributed by atoms with Crippen LogP contribution in [-0.2, 0) is 0 Å². The van der Waals surface area contributed by atoms with E-state index in [9.17, 15) is 0 Å². The van der Waals surface area contributed by atoms with Crippen LogP contribution in [0, 0.1) is 6.92 Å². The van der Waals surface area contributed by atoms with Crippen LogP contribution in [0.5, 0.6) is 0 Å². The van der Waals surface area contributed by atoms with Crippen molar-refractivity contribution in [3.05, 3.63) is 72.6 Å². The minimum Gasteiger partial charge on any atom is -0.248 e. The van der Waals surface area contributed by atoms with E-state index in [0.717, 1.165) is 28.1 Å². The molecule has 0 saturated carbocycles. The average Bonchev–Trinajstić information content (AvgIpc) is 2.40. The maximum absolute atomic E-state index is 4.62. The molecule has 1 nitrogen and oxygen atoms in total. The van der Waals surface area contributed by atoms with Crippen LogP contribution in [-0.4, -0.2) is 4.98 Å². The Balaban J connectivity index is 3.44. The third-order valence-corrected chi connectivity index (χ3v) is 2.65. The topological polar surface area (TPSA) is 12.9 Å². The van der Waals surface area contributed by atoms with Gasteiger partial charge >= 0.3 is 0 Å². The predicted molar refractivity (Wildman–Crippen MR) is 82.1 cm³/mol. The maximum Gasteiger partial charge on any atom is 0.0738 e. The lowest BCUT2D eigenvalue weighted by atomic mass is 10.0. The molecular weight excluding hydrogens is 218 g/mol. The van der Waals surface area contributed by atoms with Crippen molar-refractivity contribution in [3.63, 3.8) is 0 Å². The predicted octanol–water partition coefficient (Wildman–Crippen LogP) is 4.82. The summed E-state index contributed by atoms with van der Waals surface area (Å²) >= 11 is 0. The highest BCUT2D eigenvalue weighted by atomic mass is 14.7. The Kier molecular flexibility index (Phi) is 5.06. The molecule has 0 spiro atoms. The number of pyridine rings is 1. The summed E-state index contributed by atoms with van der Waals surface area (Å²) in [7, 11) is 0. The monoisotopic (exact) mass is 237 g/mol. The number of hydrogen-bond donors (Lipinski definition) is 0. The Morgan fingerprint density at radius 1 is 1.22 bits per heavy atom. The molecule has 0 amide bonds. The number of allylic oxidation sites excluding steroid dienone is 5. The first-order valence-electron chi connectivity index (χ1n) is 5.90. The summed E-state index contributed by atoms with van der Waals surface area (Å²) in [5, 5.41) is 0. The van der Waals surface area contributed by atoms with Gasteiger partial charge in [0, 0.05) is 0 Å². The molecule has 0 atom stereocenters. The second kappa shape index (κ2) is 6.55. The number of rotatable bonds is 5. The summed E-state index contributed by atoms with van der Waals surface area (Å²) in [5.41, 5.74) is 4.89. The highest BCUT2D eigenvalue weighted by Gasteiger charge is 2.07. The first kappa shape index (κ1) is 13.9. The summed E-state index contributed by atoms with van der Waals surface area (Å²) < 4.78 is 0. The fraction of sp³-hybridized carbons (Fsp3) is 0.118. The minimum absolute atomic E-state index is 0.846. The molecule has 0 aliphatic rings. The highest BCUT2D eigenvalue weighted by Crippen LogP contribution is 2.22. The Morgan fingerprint density at radius 2 is 1.94 bits per heavy atom. The van der Waals surface area contributed by atoms with Gasteiger partial charge in [-0.2, -0.15) is 0 Å². The molecule has 0 bridgehead atoms. The first-order chi connectivity index (χ1) is 8.67. The van der Waals surface area contributed by atoms with Crippen molar-refractivity contribution in [2.24, 2.45) is 0 Å². The van der Waals surface area contributed by atoms with Gasteiger partial charge in [-0.3, -0.25) is 0 Å². The summed E-state index contributed by atoms with van der Waals surface area (Å²) in [6.07, 6.45) is 11.3. The SMILES string of the molecule is C=C/C(=C\C=C/C)c1nc(C=C)c(C=C)cc1C. The number of aromatic nitrogens is 1. The molecule has 0 saturated heterocycles. The molecule has 0 aliphatic carbocycles. The van der Waals surface area contributed by atoms with Crippen molar-refractivity contribution in [1.82, 2.24) is 4.98 Å². The normalized spacial score (nSPS) is 11.6. The molecule has 1 heteroatoms. The molecule has 0 N–H and O–H groups in total. The molecule has 1 aromatic rings. The standard InChI is InChI=1S/C17H19N/c1-6-10-11-14(7-2)17-13(5)12-15(8-3)16(9-4)18-17/h6-12H,2-4H2,1,5H3/b10-6-,14-11+. The van der Waals surface area contributed by atoms with Gasteiger partial charge in [0.05, 0.1) is 11.4 Å². The largest absolute Gasteiger partial charge is 0.248 e. The number of hydrogen-bond acceptors (Lipinski definition) is 1. The molecule has 1 rings (SSSR count). The van der Waals surface area contributed by atoms with E-state index in [1.54, 1.807) is 12.2 Å². The van der Waals surface area contributed by atoms with Gasteiger partial charge in [-0.05, 0) is 42.7 Å². The van der Waals surface area contributed by atoms with Crippen molar-refractivity contribution in [2.45, 2.75) is 13.8 Å². The van der Waals surface area contributed by atoms with Gasteiger partial charge in [0.25, 0.3) is 0 Å². The molecule has 0 aliphatic heterocycles. The van der Waals surface area contributed by atoms with E-state index in [4.69, 9.17) is 0 Å². The van der Waals surface area contributed by atoms with E-state index >= 15 is 0 Å². The molecule has 0 unspecified atom stereocenters. The molecule has 0 aromatic carbocycles. The lowest BCUT2D eigenvalue weighted by Crippen LogP contribution is -1.97. The minimum atomic E-state index is 0.846. The first-order valence-corrected chi connectivity index (χ1v) is 5.90. The van der Waals surface area contributed by atoms with Crippen LogP contribution in [0.15, 0.2) is 50.1 Å². The molecular formula is C17H19N. The smallest absolute Gasteiger partial charge is 0.0738 e. The van der Waals surface area contributed by atoms with Crippen LogP contribution in [0.4, 0.5) is 0 Å². The van der Waals surface area contributed by atoms with Crippen molar-refractivity contribution in [3.8, 4) is 0 Å². The van der Waals surface area contributed by atoms with E-state index in [1.165, 1.54) is 0 Å². The molecule has 92 valence electrons. The quantitative estimate of drug-likeness (QED) is 0.669. The van der Waals surface area contributed by atoms with Gasteiger partial charge in [-0.1, -0.05) is 50.1 Å². The van der Waals surface area contributed by atoms with Crippen molar-refractivity contribution < 1.29 is 0 Å². The maximum atomic E-state index is 4.62. The summed E-state index contributed by atoms with van der Waals surface area (Å²) in [6.45, 7) is 15.4. The fourth-order valence-electron chi connectivity index (χ4n) is 1.71. The molecule has 0 fully saturated rings. The van der Waals surface area contributed by atoms with Crippen LogP contribution < -0.4 is 0 Å². The van der Waals surface area contributed by atoms with E-state index in [0.29, 0.717) is 0 Å². The summed E-state index contributed by atoms with van der Waals surface area (Å²) in [6, 6.07) is 2.07. The third-order valence-electron chi connectivity index (χ3n) is 2.65. The average molecular weight is 237 g/mol. The van der Waals surface area contributed by atoms with Gasteiger partial charge in [-0.15, -0.1) is 0 Å². The lowest BCUT2D eigenvalue weighted by molar-refractivity contribution is 1.19. The van der Waals surface area contributed by atoms with Gasteiger partial charge in [0.1, 0.15) is 0 Å². The van der Waals surface area contributed by atoms with Crippen molar-refractivity contribution >= 4 is 17.7 Å². The Bertz CT molecular complexity index is 531. The Morgan fingerprint density at radius 3 is 2.44 bits per heavy atom. The van der Waals surface area contributed by atoms with Crippen LogP contribution in [0.3, 0.4) is 0 Å².